The van der Waals surface area contributed by atoms with Gasteiger partial charge < -0.3 is 0 Å². The van der Waals surface area contributed by atoms with Crippen LogP contribution in [0.25, 0.3) is 11.4 Å². The smallest absolute Gasteiger partial charge is 0.220 e. The molecule has 144 valence electrons. The third-order valence-electron chi connectivity index (χ3n) is 3.59. The Kier molecular flexibility index (Phi) is 6.01. The Morgan fingerprint density at radius 2 is 1.57 bits per heavy atom. The first kappa shape index (κ1) is 19.5. The average molecular weight is 416 g/mol. The number of nitrogens with zero attached hydrogens (tertiary/aromatic N) is 7. The molecule has 10 nitrogen and oxygen atoms in total. The van der Waals surface area contributed by atoms with Gasteiger partial charge in [-0.1, -0.05) is 58.7 Å². The van der Waals surface area contributed by atoms with Crippen LogP contribution in [-0.4, -0.2) is 54.6 Å². The van der Waals surface area contributed by atoms with Gasteiger partial charge in [-0.05, 0) is 46.9 Å². The van der Waals surface area contributed by atoms with Crippen LogP contribution in [0.1, 0.15) is 6.92 Å². The Morgan fingerprint density at radius 3 is 2.11 bits per heavy atom. The van der Waals surface area contributed by atoms with Crippen LogP contribution in [0, 0.1) is 4.77 Å². The Labute approximate surface area is 165 Å². The van der Waals surface area contributed by atoms with E-state index in [1.54, 1.807) is 35.9 Å². The lowest BCUT2D eigenvalue weighted by Crippen LogP contribution is -2.12. The lowest BCUT2D eigenvalue weighted by Gasteiger charge is -2.02. The van der Waals surface area contributed by atoms with Gasteiger partial charge >= 0.3 is 0 Å². The zero-order valence-electron chi connectivity index (χ0n) is 14.7. The quantitative estimate of drug-likeness (QED) is 0.499. The maximum atomic E-state index is 11.7. The van der Waals surface area contributed by atoms with Gasteiger partial charge in [0, 0.05) is 0 Å². The van der Waals surface area contributed by atoms with Crippen LogP contribution >= 0.6 is 12.2 Å². The minimum Gasteiger partial charge on any atom is -0.220 e. The van der Waals surface area contributed by atoms with Gasteiger partial charge in [-0.25, -0.2) is 13.1 Å². The maximum Gasteiger partial charge on any atom is 0.272 e. The number of aromatic amines is 1. The molecule has 2 aromatic heterocycles. The summed E-state index contributed by atoms with van der Waals surface area (Å²) in [6, 6.07) is 18.6. The van der Waals surface area contributed by atoms with E-state index in [9.17, 15) is 8.42 Å². The Morgan fingerprint density at radius 1 is 0.964 bits per heavy atom. The molecule has 0 saturated heterocycles. The summed E-state index contributed by atoms with van der Waals surface area (Å²) in [5.41, 5.74) is 1.56. The number of sulfone groups is 1. The van der Waals surface area contributed by atoms with E-state index in [4.69, 9.17) is 12.2 Å². The predicted molar refractivity (Wildman–Crippen MR) is 103 cm³/mol. The summed E-state index contributed by atoms with van der Waals surface area (Å²) in [6.45, 7) is 1.55. The van der Waals surface area contributed by atoms with E-state index in [1.807, 2.05) is 36.4 Å². The van der Waals surface area contributed by atoms with Crippen molar-refractivity contribution in [2.75, 3.05) is 5.75 Å². The third-order valence-corrected chi connectivity index (χ3v) is 5.42. The van der Waals surface area contributed by atoms with Crippen molar-refractivity contribution in [2.24, 2.45) is 0 Å². The number of rotatable bonds is 4. The molecule has 0 radical (unpaired) electrons. The number of tetrazole rings is 2. The number of nitrogens with one attached hydrogen (secondary N) is 1. The monoisotopic (exact) mass is 416 g/mol. The predicted octanol–water partition coefficient (Wildman–Crippen LogP) is 1.78. The summed E-state index contributed by atoms with van der Waals surface area (Å²) >= 11 is 4.93. The molecule has 0 spiro atoms. The molecular formula is C16H16N8O2S2. The Balaban J connectivity index is 0.000000167. The third kappa shape index (κ3) is 4.35. The molecule has 0 aliphatic rings. The summed E-state index contributed by atoms with van der Waals surface area (Å²) in [4.78, 5) is 0. The molecular weight excluding hydrogens is 400 g/mol. The Hall–Kier alpha value is -3.25. The van der Waals surface area contributed by atoms with E-state index < -0.39 is 9.84 Å². The largest absolute Gasteiger partial charge is 0.272 e. The van der Waals surface area contributed by atoms with Crippen molar-refractivity contribution in [3.05, 3.63) is 65.4 Å². The molecule has 0 fully saturated rings. The molecule has 4 aromatic rings. The van der Waals surface area contributed by atoms with Crippen molar-refractivity contribution in [3.63, 3.8) is 0 Å². The molecule has 0 bridgehead atoms. The van der Waals surface area contributed by atoms with Crippen molar-refractivity contribution in [2.45, 2.75) is 12.1 Å². The van der Waals surface area contributed by atoms with Crippen molar-refractivity contribution in [1.29, 1.82) is 0 Å². The average Bonchev–Trinajstić information content (AvgIpc) is 3.39. The fourth-order valence-corrected chi connectivity index (χ4v) is 3.19. The highest BCUT2D eigenvalue weighted by molar-refractivity contribution is 7.91. The van der Waals surface area contributed by atoms with E-state index in [-0.39, 0.29) is 10.9 Å². The molecule has 0 saturated carbocycles. The topological polar surface area (TPSA) is 124 Å². The number of aromatic nitrogens is 8. The fourth-order valence-electron chi connectivity index (χ4n) is 2.18. The van der Waals surface area contributed by atoms with Gasteiger partial charge in [0.15, 0.2) is 0 Å². The highest BCUT2D eigenvalue weighted by atomic mass is 32.2. The first-order valence-corrected chi connectivity index (χ1v) is 10.2. The van der Waals surface area contributed by atoms with Crippen LogP contribution in [-0.2, 0) is 9.84 Å². The molecule has 4 rings (SSSR count). The van der Waals surface area contributed by atoms with Gasteiger partial charge in [0.2, 0.25) is 14.6 Å². The van der Waals surface area contributed by atoms with Crippen LogP contribution in [0.15, 0.2) is 65.8 Å². The molecule has 0 atom stereocenters. The minimum absolute atomic E-state index is 0.0276. The number of hydrogen-bond donors (Lipinski definition) is 1. The second kappa shape index (κ2) is 8.63. The van der Waals surface area contributed by atoms with Gasteiger partial charge in [0.25, 0.3) is 5.16 Å². The lowest BCUT2D eigenvalue weighted by atomic mass is 10.3. The van der Waals surface area contributed by atoms with E-state index in [1.165, 1.54) is 4.68 Å². The van der Waals surface area contributed by atoms with Crippen LogP contribution < -0.4 is 0 Å². The normalized spacial score (nSPS) is 10.9. The maximum absolute atomic E-state index is 11.7. The van der Waals surface area contributed by atoms with Gasteiger partial charge in [-0.3, -0.25) is 0 Å². The van der Waals surface area contributed by atoms with Crippen molar-refractivity contribution >= 4 is 22.1 Å². The van der Waals surface area contributed by atoms with Crippen molar-refractivity contribution in [3.8, 4) is 11.4 Å². The zero-order chi connectivity index (χ0) is 20.0. The molecule has 0 amide bonds. The number of benzene rings is 2. The SMILES string of the molecule is CCS(=O)(=O)c1nnnn1-c1ccccc1.S=c1nn[nH]n1-c1ccccc1. The molecule has 0 aliphatic heterocycles. The van der Waals surface area contributed by atoms with E-state index in [0.29, 0.717) is 10.5 Å². The van der Waals surface area contributed by atoms with Crippen LogP contribution in [0.3, 0.4) is 0 Å². The first-order chi connectivity index (χ1) is 13.5. The van der Waals surface area contributed by atoms with Crippen LogP contribution in [0.5, 0.6) is 0 Å². The van der Waals surface area contributed by atoms with E-state index in [2.05, 4.69) is 31.1 Å². The summed E-state index contributed by atoms with van der Waals surface area (Å²) in [5, 5.41) is 20.4. The Bertz CT molecular complexity index is 1180. The summed E-state index contributed by atoms with van der Waals surface area (Å²) in [6.07, 6.45) is 0. The van der Waals surface area contributed by atoms with Gasteiger partial charge in [-0.15, -0.1) is 0 Å². The standard InChI is InChI=1S/C9H10N4O2S.C7H6N4S/c1-2-16(14,15)9-10-11-12-13(9)8-6-4-3-5-7-8;12-7-8-9-10-11(7)6-4-2-1-3-5-6/h3-7H,2H2,1H3;1-5H,(H,8,10,12). The summed E-state index contributed by atoms with van der Waals surface area (Å²) < 4.78 is 26.7. The molecule has 2 heterocycles. The molecule has 0 aliphatic carbocycles. The highest BCUT2D eigenvalue weighted by Crippen LogP contribution is 2.12. The van der Waals surface area contributed by atoms with E-state index >= 15 is 0 Å². The highest BCUT2D eigenvalue weighted by Gasteiger charge is 2.21. The fraction of sp³-hybridized carbons (Fsp3) is 0.125. The van der Waals surface area contributed by atoms with Crippen molar-refractivity contribution < 1.29 is 8.42 Å². The number of para-hydroxylation sites is 2. The van der Waals surface area contributed by atoms with E-state index in [0.717, 1.165) is 5.69 Å². The second-order valence-electron chi connectivity index (χ2n) is 5.37. The second-order valence-corrected chi connectivity index (χ2v) is 7.90. The first-order valence-electron chi connectivity index (χ1n) is 8.15. The molecule has 12 heteroatoms. The zero-order valence-corrected chi connectivity index (χ0v) is 16.4. The minimum atomic E-state index is -3.41. The van der Waals surface area contributed by atoms with Crippen LogP contribution in [0.2, 0.25) is 0 Å². The molecule has 2 aromatic carbocycles. The summed E-state index contributed by atoms with van der Waals surface area (Å²) in [5.74, 6) is -0.0276. The van der Waals surface area contributed by atoms with Gasteiger partial charge in [0.05, 0.1) is 17.1 Å². The molecule has 1 N–H and O–H groups in total. The number of hydrogen-bond acceptors (Lipinski definition) is 8. The van der Waals surface area contributed by atoms with Gasteiger partial charge in [-0.2, -0.15) is 9.90 Å². The molecule has 28 heavy (non-hydrogen) atoms. The number of H-pyrrole nitrogens is 1. The lowest BCUT2D eigenvalue weighted by molar-refractivity contribution is 0.581. The van der Waals surface area contributed by atoms with Gasteiger partial charge in [0.1, 0.15) is 0 Å². The van der Waals surface area contributed by atoms with Crippen LogP contribution in [0.4, 0.5) is 0 Å². The van der Waals surface area contributed by atoms with Crippen molar-refractivity contribution in [1.82, 2.24) is 40.4 Å². The molecule has 0 unspecified atom stereocenters. The summed E-state index contributed by atoms with van der Waals surface area (Å²) in [7, 11) is -3.41.